The van der Waals surface area contributed by atoms with Crippen LogP contribution >= 0.6 is 34.5 Å². The molecule has 0 bridgehead atoms. The van der Waals surface area contributed by atoms with Gasteiger partial charge in [0.05, 0.1) is 4.88 Å². The minimum Gasteiger partial charge on any atom is -0.347 e. The third kappa shape index (κ3) is 5.92. The van der Waals surface area contributed by atoms with E-state index in [-0.39, 0.29) is 11.8 Å². The average molecular weight is 473 g/mol. The standard InChI is InChI=1S/C20H23Cl2FN4O2S/c21-14-2-1-13(16(22)9-14)11-25-19(28)18-4-3-15(30-18)12-26-5-7-27(8-6-26)20(29)17(24)10-23/h1-4,9,17H,5-8,10-12,24H2,(H,25,28). The van der Waals surface area contributed by atoms with Crippen LogP contribution in [0.4, 0.5) is 4.39 Å². The van der Waals surface area contributed by atoms with Crippen LogP contribution in [-0.2, 0) is 17.9 Å². The smallest absolute Gasteiger partial charge is 0.261 e. The molecule has 0 saturated carbocycles. The molecule has 3 N–H and O–H groups in total. The zero-order valence-electron chi connectivity index (χ0n) is 16.2. The zero-order valence-corrected chi connectivity index (χ0v) is 18.6. The van der Waals surface area contributed by atoms with Gasteiger partial charge in [-0.05, 0) is 29.8 Å². The topological polar surface area (TPSA) is 78.7 Å². The molecule has 3 rings (SSSR count). The Kier molecular flexibility index (Phi) is 8.07. The number of hydrogen-bond donors (Lipinski definition) is 2. The molecule has 1 fully saturated rings. The van der Waals surface area contributed by atoms with E-state index >= 15 is 0 Å². The molecule has 2 amide bonds. The van der Waals surface area contributed by atoms with E-state index in [2.05, 4.69) is 10.2 Å². The van der Waals surface area contributed by atoms with Crippen molar-refractivity contribution in [2.45, 2.75) is 19.1 Å². The van der Waals surface area contributed by atoms with E-state index in [1.54, 1.807) is 29.2 Å². The number of carbonyl (C=O) groups is 2. The molecule has 10 heteroatoms. The summed E-state index contributed by atoms with van der Waals surface area (Å²) in [5, 5.41) is 3.93. The number of amides is 2. The summed E-state index contributed by atoms with van der Waals surface area (Å²) in [6.45, 7) is 2.57. The minimum absolute atomic E-state index is 0.159. The first kappa shape index (κ1) is 23.0. The molecular weight excluding hydrogens is 450 g/mol. The quantitative estimate of drug-likeness (QED) is 0.649. The monoisotopic (exact) mass is 472 g/mol. The first-order valence-corrected chi connectivity index (χ1v) is 11.1. The highest BCUT2D eigenvalue weighted by Gasteiger charge is 2.25. The Balaban J connectivity index is 1.48. The van der Waals surface area contributed by atoms with Crippen LogP contribution in [0.5, 0.6) is 0 Å². The van der Waals surface area contributed by atoms with Crippen molar-refractivity contribution in [3.8, 4) is 0 Å². The van der Waals surface area contributed by atoms with Gasteiger partial charge in [0.2, 0.25) is 5.91 Å². The summed E-state index contributed by atoms with van der Waals surface area (Å²) in [5.74, 6) is -0.499. The molecule has 0 spiro atoms. The second-order valence-corrected chi connectivity index (χ2v) is 9.06. The minimum atomic E-state index is -1.07. The molecule has 1 aliphatic heterocycles. The van der Waals surface area contributed by atoms with Crippen molar-refractivity contribution < 1.29 is 14.0 Å². The van der Waals surface area contributed by atoms with Crippen molar-refractivity contribution >= 4 is 46.4 Å². The van der Waals surface area contributed by atoms with E-state index < -0.39 is 12.7 Å². The van der Waals surface area contributed by atoms with Crippen LogP contribution in [0, 0.1) is 0 Å². The summed E-state index contributed by atoms with van der Waals surface area (Å²) in [4.78, 5) is 29.9. The van der Waals surface area contributed by atoms with Gasteiger partial charge < -0.3 is 16.0 Å². The normalized spacial score (nSPS) is 15.8. The Labute approximate surface area is 188 Å². The van der Waals surface area contributed by atoms with Crippen LogP contribution in [0.1, 0.15) is 20.1 Å². The number of piperazine rings is 1. The molecule has 1 aliphatic rings. The van der Waals surface area contributed by atoms with Crippen molar-refractivity contribution in [2.75, 3.05) is 32.9 Å². The number of carbonyl (C=O) groups excluding carboxylic acids is 2. The van der Waals surface area contributed by atoms with Crippen molar-refractivity contribution in [3.05, 3.63) is 55.7 Å². The van der Waals surface area contributed by atoms with Gasteiger partial charge >= 0.3 is 0 Å². The van der Waals surface area contributed by atoms with Crippen molar-refractivity contribution in [1.29, 1.82) is 0 Å². The van der Waals surface area contributed by atoms with Gasteiger partial charge in [0.25, 0.3) is 5.91 Å². The SMILES string of the molecule is NC(CF)C(=O)N1CCN(Cc2ccc(C(=O)NCc3ccc(Cl)cc3Cl)s2)CC1. The number of alkyl halides is 1. The molecule has 1 atom stereocenters. The molecule has 1 saturated heterocycles. The van der Waals surface area contributed by atoms with E-state index in [0.29, 0.717) is 54.2 Å². The molecule has 0 radical (unpaired) electrons. The number of benzene rings is 1. The molecular formula is C20H23Cl2FN4O2S. The van der Waals surface area contributed by atoms with Gasteiger partial charge in [0, 0.05) is 54.2 Å². The second kappa shape index (κ2) is 10.5. The van der Waals surface area contributed by atoms with Crippen molar-refractivity contribution in [3.63, 3.8) is 0 Å². The first-order valence-electron chi connectivity index (χ1n) is 9.51. The highest BCUT2D eigenvalue weighted by molar-refractivity contribution is 7.14. The van der Waals surface area contributed by atoms with E-state index in [1.165, 1.54) is 11.3 Å². The number of hydrogen-bond acceptors (Lipinski definition) is 5. The zero-order chi connectivity index (χ0) is 21.7. The molecule has 2 heterocycles. The highest BCUT2D eigenvalue weighted by atomic mass is 35.5. The number of rotatable bonds is 7. The number of nitrogens with one attached hydrogen (secondary N) is 1. The third-order valence-electron chi connectivity index (χ3n) is 4.89. The lowest BCUT2D eigenvalue weighted by Gasteiger charge is -2.35. The summed E-state index contributed by atoms with van der Waals surface area (Å²) in [5.41, 5.74) is 6.28. The molecule has 30 heavy (non-hydrogen) atoms. The molecule has 1 unspecified atom stereocenters. The maximum absolute atomic E-state index is 12.6. The highest BCUT2D eigenvalue weighted by Crippen LogP contribution is 2.22. The molecule has 162 valence electrons. The van der Waals surface area contributed by atoms with E-state index in [1.807, 2.05) is 6.07 Å². The van der Waals surface area contributed by atoms with E-state index in [4.69, 9.17) is 28.9 Å². The number of halogens is 3. The van der Waals surface area contributed by atoms with Gasteiger partial charge in [0.1, 0.15) is 12.7 Å². The van der Waals surface area contributed by atoms with Crippen LogP contribution in [0.2, 0.25) is 10.0 Å². The lowest BCUT2D eigenvalue weighted by Crippen LogP contribution is -2.53. The Hall–Kier alpha value is -1.71. The molecule has 1 aromatic heterocycles. The van der Waals surface area contributed by atoms with E-state index in [9.17, 15) is 14.0 Å². The maximum Gasteiger partial charge on any atom is 0.261 e. The fraction of sp³-hybridized carbons (Fsp3) is 0.400. The fourth-order valence-corrected chi connectivity index (χ4v) is 4.60. The fourth-order valence-electron chi connectivity index (χ4n) is 3.16. The average Bonchev–Trinajstić information content (AvgIpc) is 3.21. The van der Waals surface area contributed by atoms with Gasteiger partial charge in [-0.2, -0.15) is 0 Å². The summed E-state index contributed by atoms with van der Waals surface area (Å²) in [6, 6.07) is 7.83. The van der Waals surface area contributed by atoms with Crippen LogP contribution in [0.15, 0.2) is 30.3 Å². The van der Waals surface area contributed by atoms with Gasteiger partial charge in [-0.15, -0.1) is 11.3 Å². The number of thiophene rings is 1. The Morgan fingerprint density at radius 2 is 1.90 bits per heavy atom. The van der Waals surface area contributed by atoms with E-state index in [0.717, 1.165) is 10.4 Å². The summed E-state index contributed by atoms with van der Waals surface area (Å²) in [7, 11) is 0. The molecule has 0 aliphatic carbocycles. The first-order chi connectivity index (χ1) is 14.4. The lowest BCUT2D eigenvalue weighted by molar-refractivity contribution is -0.134. The van der Waals surface area contributed by atoms with Crippen LogP contribution in [0.3, 0.4) is 0 Å². The predicted molar refractivity (Wildman–Crippen MR) is 118 cm³/mol. The molecule has 2 aromatic rings. The van der Waals surface area contributed by atoms with Crippen molar-refractivity contribution in [1.82, 2.24) is 15.1 Å². The number of nitrogens with zero attached hydrogens (tertiary/aromatic N) is 2. The number of nitrogens with two attached hydrogens (primary N) is 1. The third-order valence-corrected chi connectivity index (χ3v) is 6.54. The van der Waals surface area contributed by atoms with Gasteiger partial charge in [-0.1, -0.05) is 29.3 Å². The largest absolute Gasteiger partial charge is 0.347 e. The van der Waals surface area contributed by atoms with Crippen LogP contribution < -0.4 is 11.1 Å². The van der Waals surface area contributed by atoms with Crippen LogP contribution in [-0.4, -0.2) is 60.5 Å². The van der Waals surface area contributed by atoms with Gasteiger partial charge in [-0.3, -0.25) is 14.5 Å². The molecule has 6 nitrogen and oxygen atoms in total. The van der Waals surface area contributed by atoms with Gasteiger partial charge in [-0.25, -0.2) is 4.39 Å². The van der Waals surface area contributed by atoms with Crippen molar-refractivity contribution in [2.24, 2.45) is 5.73 Å². The lowest BCUT2D eigenvalue weighted by atomic mass is 10.2. The Bertz CT molecular complexity index is 903. The summed E-state index contributed by atoms with van der Waals surface area (Å²) in [6.07, 6.45) is 0. The summed E-state index contributed by atoms with van der Waals surface area (Å²) < 4.78 is 12.6. The second-order valence-electron chi connectivity index (χ2n) is 7.05. The Morgan fingerprint density at radius 1 is 1.17 bits per heavy atom. The Morgan fingerprint density at radius 3 is 2.57 bits per heavy atom. The van der Waals surface area contributed by atoms with Crippen LogP contribution in [0.25, 0.3) is 0 Å². The predicted octanol–water partition coefficient (Wildman–Crippen LogP) is 2.93. The molecule has 1 aromatic carbocycles. The summed E-state index contributed by atoms with van der Waals surface area (Å²) >= 11 is 13.5. The van der Waals surface area contributed by atoms with Gasteiger partial charge in [0.15, 0.2) is 0 Å². The maximum atomic E-state index is 12.6.